The van der Waals surface area contributed by atoms with Crippen molar-refractivity contribution in [2.75, 3.05) is 39.0 Å². The highest BCUT2D eigenvalue weighted by atomic mass is 32.2. The maximum Gasteiger partial charge on any atom is 0.244 e. The van der Waals surface area contributed by atoms with Crippen LogP contribution in [0.2, 0.25) is 0 Å². The highest BCUT2D eigenvalue weighted by molar-refractivity contribution is 7.88. The third kappa shape index (κ3) is 6.49. The van der Waals surface area contributed by atoms with Crippen molar-refractivity contribution in [3.63, 3.8) is 0 Å². The molecule has 1 heterocycles. The Hall–Kier alpha value is -0.920. The maximum absolute atomic E-state index is 11.6. The lowest BCUT2D eigenvalue weighted by Gasteiger charge is -2.32. The average molecular weight is 303 g/mol. The molecule has 1 aliphatic heterocycles. The maximum atomic E-state index is 11.6. The molecular formula is C13H25N3O3S. The van der Waals surface area contributed by atoms with Gasteiger partial charge >= 0.3 is 0 Å². The van der Waals surface area contributed by atoms with E-state index >= 15 is 0 Å². The van der Waals surface area contributed by atoms with E-state index in [9.17, 15) is 13.2 Å². The minimum Gasteiger partial charge on any atom is -0.348 e. The second kappa shape index (κ2) is 6.69. The molecule has 1 rings (SSSR count). The van der Waals surface area contributed by atoms with Crippen LogP contribution in [0.4, 0.5) is 0 Å². The van der Waals surface area contributed by atoms with E-state index in [4.69, 9.17) is 0 Å². The Balaban J connectivity index is 2.33. The molecule has 20 heavy (non-hydrogen) atoms. The number of piperazine rings is 1. The Bertz CT molecular complexity index is 458. The van der Waals surface area contributed by atoms with Crippen LogP contribution in [0.5, 0.6) is 0 Å². The van der Waals surface area contributed by atoms with Gasteiger partial charge in [0.15, 0.2) is 0 Å². The summed E-state index contributed by atoms with van der Waals surface area (Å²) in [7, 11) is -3.08. The molecule has 0 spiro atoms. The summed E-state index contributed by atoms with van der Waals surface area (Å²) in [5, 5.41) is 2.85. The van der Waals surface area contributed by atoms with Crippen molar-refractivity contribution in [2.45, 2.75) is 26.3 Å². The summed E-state index contributed by atoms with van der Waals surface area (Å²) in [5.74, 6) is -0.104. The van der Waals surface area contributed by atoms with E-state index in [1.54, 1.807) is 0 Å². The molecule has 1 amide bonds. The van der Waals surface area contributed by atoms with E-state index in [0.29, 0.717) is 32.7 Å². The smallest absolute Gasteiger partial charge is 0.244 e. The molecule has 0 radical (unpaired) electrons. The Kier molecular flexibility index (Phi) is 5.73. The van der Waals surface area contributed by atoms with Gasteiger partial charge in [-0.15, -0.1) is 0 Å². The fraction of sp³-hybridized carbons (Fsp3) is 0.769. The number of hydrogen-bond acceptors (Lipinski definition) is 4. The van der Waals surface area contributed by atoms with Crippen molar-refractivity contribution in [3.8, 4) is 0 Å². The first-order valence-corrected chi connectivity index (χ1v) is 8.59. The molecule has 0 aromatic rings. The van der Waals surface area contributed by atoms with Crippen molar-refractivity contribution < 1.29 is 13.2 Å². The van der Waals surface area contributed by atoms with Crippen LogP contribution in [0, 0.1) is 0 Å². The zero-order chi connectivity index (χ0) is 15.4. The number of nitrogens with one attached hydrogen (secondary N) is 1. The normalized spacial score (nSPS) is 19.4. The Morgan fingerprint density at radius 1 is 1.20 bits per heavy atom. The Morgan fingerprint density at radius 3 is 2.20 bits per heavy atom. The fourth-order valence-corrected chi connectivity index (χ4v) is 2.79. The minimum atomic E-state index is -3.08. The highest BCUT2D eigenvalue weighted by Gasteiger charge is 2.22. The largest absolute Gasteiger partial charge is 0.348 e. The fourth-order valence-electron chi connectivity index (χ4n) is 1.96. The van der Waals surface area contributed by atoms with Crippen molar-refractivity contribution in [1.82, 2.24) is 14.5 Å². The monoisotopic (exact) mass is 303 g/mol. The molecule has 6 nitrogen and oxygen atoms in total. The van der Waals surface area contributed by atoms with E-state index < -0.39 is 10.0 Å². The lowest BCUT2D eigenvalue weighted by atomic mass is 10.1. The van der Waals surface area contributed by atoms with E-state index in [1.165, 1.54) is 16.6 Å². The van der Waals surface area contributed by atoms with Gasteiger partial charge in [-0.05, 0) is 20.8 Å². The topological polar surface area (TPSA) is 69.7 Å². The number of sulfonamides is 1. The Morgan fingerprint density at radius 2 is 1.75 bits per heavy atom. The molecule has 0 aromatic carbocycles. The van der Waals surface area contributed by atoms with Gasteiger partial charge in [0.2, 0.25) is 15.9 Å². The second-order valence-corrected chi connectivity index (χ2v) is 8.09. The van der Waals surface area contributed by atoms with Crippen molar-refractivity contribution >= 4 is 15.9 Å². The molecule has 0 aliphatic carbocycles. The van der Waals surface area contributed by atoms with Gasteiger partial charge < -0.3 is 5.32 Å². The van der Waals surface area contributed by atoms with Crippen molar-refractivity contribution in [2.24, 2.45) is 0 Å². The quantitative estimate of drug-likeness (QED) is 0.744. The average Bonchev–Trinajstić information content (AvgIpc) is 2.26. The summed E-state index contributed by atoms with van der Waals surface area (Å²) < 4.78 is 24.2. The molecule has 1 fully saturated rings. The third-order valence-corrected chi connectivity index (χ3v) is 4.23. The minimum absolute atomic E-state index is 0.104. The number of carbonyl (C=O) groups excluding carboxylic acids is 1. The summed E-state index contributed by atoms with van der Waals surface area (Å²) in [6.45, 7) is 8.88. The molecule has 0 unspecified atom stereocenters. The molecular weight excluding hydrogens is 278 g/mol. The van der Waals surface area contributed by atoms with E-state index in [0.717, 1.165) is 0 Å². The molecule has 1 saturated heterocycles. The van der Waals surface area contributed by atoms with Crippen LogP contribution < -0.4 is 5.32 Å². The number of carbonyl (C=O) groups is 1. The highest BCUT2D eigenvalue weighted by Crippen LogP contribution is 2.05. The van der Waals surface area contributed by atoms with Gasteiger partial charge in [0.1, 0.15) is 0 Å². The SMILES string of the molecule is CC(C)(C)NC(=O)/C=C/CN1CCN(S(C)(=O)=O)CC1. The summed E-state index contributed by atoms with van der Waals surface area (Å²) in [4.78, 5) is 13.7. The summed E-state index contributed by atoms with van der Waals surface area (Å²) >= 11 is 0. The predicted octanol–water partition coefficient (Wildman–Crippen LogP) is 0.0345. The van der Waals surface area contributed by atoms with Gasteiger partial charge in [0, 0.05) is 44.3 Å². The van der Waals surface area contributed by atoms with E-state index in [2.05, 4.69) is 10.2 Å². The number of amides is 1. The standard InChI is InChI=1S/C13H25N3O3S/c1-13(2,3)14-12(17)6-5-7-15-8-10-16(11-9-15)20(4,18)19/h5-6H,7-11H2,1-4H3,(H,14,17)/b6-5+. The molecule has 0 bridgehead atoms. The third-order valence-electron chi connectivity index (χ3n) is 2.93. The van der Waals surface area contributed by atoms with Crippen LogP contribution in [0.15, 0.2) is 12.2 Å². The van der Waals surface area contributed by atoms with Gasteiger partial charge in [0.25, 0.3) is 0 Å². The molecule has 0 saturated carbocycles. The van der Waals surface area contributed by atoms with Crippen LogP contribution in [-0.2, 0) is 14.8 Å². The van der Waals surface area contributed by atoms with Gasteiger partial charge in [-0.25, -0.2) is 8.42 Å². The molecule has 0 aromatic heterocycles. The van der Waals surface area contributed by atoms with Gasteiger partial charge in [0.05, 0.1) is 6.26 Å². The zero-order valence-corrected chi connectivity index (χ0v) is 13.5. The molecule has 7 heteroatoms. The van der Waals surface area contributed by atoms with Gasteiger partial charge in [-0.1, -0.05) is 6.08 Å². The molecule has 116 valence electrons. The molecule has 0 atom stereocenters. The second-order valence-electron chi connectivity index (χ2n) is 6.10. The van der Waals surface area contributed by atoms with Gasteiger partial charge in [-0.3, -0.25) is 9.69 Å². The first-order chi connectivity index (χ1) is 9.08. The molecule has 1 N–H and O–H groups in total. The Labute approximate surface area is 121 Å². The number of hydrogen-bond donors (Lipinski definition) is 1. The van der Waals surface area contributed by atoms with E-state index in [1.807, 2.05) is 26.8 Å². The van der Waals surface area contributed by atoms with E-state index in [-0.39, 0.29) is 11.4 Å². The van der Waals surface area contributed by atoms with Crippen LogP contribution >= 0.6 is 0 Å². The summed E-state index contributed by atoms with van der Waals surface area (Å²) in [6, 6.07) is 0. The van der Waals surface area contributed by atoms with Crippen LogP contribution in [0.25, 0.3) is 0 Å². The molecule has 1 aliphatic rings. The zero-order valence-electron chi connectivity index (χ0n) is 12.7. The first-order valence-electron chi connectivity index (χ1n) is 6.74. The van der Waals surface area contributed by atoms with Crippen LogP contribution in [0.1, 0.15) is 20.8 Å². The van der Waals surface area contributed by atoms with Crippen molar-refractivity contribution in [1.29, 1.82) is 0 Å². The van der Waals surface area contributed by atoms with Crippen LogP contribution in [-0.4, -0.2) is 68.0 Å². The lowest BCUT2D eigenvalue weighted by Crippen LogP contribution is -2.48. The first kappa shape index (κ1) is 17.1. The van der Waals surface area contributed by atoms with Crippen LogP contribution in [0.3, 0.4) is 0 Å². The summed E-state index contributed by atoms with van der Waals surface area (Å²) in [5.41, 5.74) is -0.234. The predicted molar refractivity (Wildman–Crippen MR) is 79.9 cm³/mol. The van der Waals surface area contributed by atoms with Crippen molar-refractivity contribution in [3.05, 3.63) is 12.2 Å². The number of rotatable bonds is 4. The van der Waals surface area contributed by atoms with Gasteiger partial charge in [-0.2, -0.15) is 4.31 Å². The summed E-state index contributed by atoms with van der Waals surface area (Å²) in [6.07, 6.45) is 4.59. The lowest BCUT2D eigenvalue weighted by molar-refractivity contribution is -0.117. The number of nitrogens with zero attached hydrogens (tertiary/aromatic N) is 2.